The lowest BCUT2D eigenvalue weighted by molar-refractivity contribution is -0.0510. The second kappa shape index (κ2) is 6.96. The number of hydrogen-bond donors (Lipinski definition) is 1. The minimum atomic E-state index is -0.628. The molecule has 0 unspecified atom stereocenters. The highest BCUT2D eigenvalue weighted by atomic mass is 32.1. The molecule has 1 N–H and O–H groups in total. The fourth-order valence-corrected chi connectivity index (χ4v) is 4.04. The van der Waals surface area contributed by atoms with Gasteiger partial charge in [-0.25, -0.2) is 0 Å². The standard InChI is InChI=1S/C17H24N2O2S/c1-18-8-4-7-17(20,13-18)14-19(11-15-5-2-9-21-15)12-16-6-3-10-22-16/h2-3,5-6,9-10,20H,4,7-8,11-14H2,1H3/t17-/m1/s1. The number of likely N-dealkylation sites (tertiary alicyclic amines) is 1. The molecule has 4 nitrogen and oxygen atoms in total. The van der Waals surface area contributed by atoms with Crippen LogP contribution >= 0.6 is 11.3 Å². The molecule has 3 heterocycles. The molecule has 2 aromatic heterocycles. The molecule has 1 atom stereocenters. The van der Waals surface area contributed by atoms with Gasteiger partial charge in [-0.05, 0) is 50.0 Å². The average Bonchev–Trinajstić information content (AvgIpc) is 3.11. The Labute approximate surface area is 136 Å². The van der Waals surface area contributed by atoms with E-state index in [-0.39, 0.29) is 0 Å². The number of rotatable bonds is 6. The Morgan fingerprint density at radius 3 is 2.95 bits per heavy atom. The number of β-amino-alcohol motifs (C(OH)–C–C–N with tert-alkyl or cyclic N) is 1. The van der Waals surface area contributed by atoms with E-state index < -0.39 is 5.60 Å². The molecule has 2 aromatic rings. The van der Waals surface area contributed by atoms with E-state index in [1.165, 1.54) is 4.88 Å². The Hall–Kier alpha value is -1.14. The molecule has 3 rings (SSSR count). The lowest BCUT2D eigenvalue weighted by Gasteiger charge is -2.40. The van der Waals surface area contributed by atoms with Gasteiger partial charge in [-0.1, -0.05) is 6.07 Å². The summed E-state index contributed by atoms with van der Waals surface area (Å²) in [6.45, 7) is 4.08. The Balaban J connectivity index is 1.69. The summed E-state index contributed by atoms with van der Waals surface area (Å²) in [5.41, 5.74) is -0.628. The average molecular weight is 320 g/mol. The van der Waals surface area contributed by atoms with Gasteiger partial charge in [0.25, 0.3) is 0 Å². The van der Waals surface area contributed by atoms with Crippen LogP contribution in [-0.4, -0.2) is 47.2 Å². The fourth-order valence-electron chi connectivity index (χ4n) is 3.30. The number of thiophene rings is 1. The van der Waals surface area contributed by atoms with Gasteiger partial charge in [0.2, 0.25) is 0 Å². The molecule has 0 amide bonds. The van der Waals surface area contributed by atoms with Gasteiger partial charge in [0.05, 0.1) is 18.4 Å². The van der Waals surface area contributed by atoms with Crippen molar-refractivity contribution in [2.24, 2.45) is 0 Å². The summed E-state index contributed by atoms with van der Waals surface area (Å²) < 4.78 is 5.50. The Morgan fingerprint density at radius 1 is 1.36 bits per heavy atom. The van der Waals surface area contributed by atoms with E-state index in [1.54, 1.807) is 17.6 Å². The summed E-state index contributed by atoms with van der Waals surface area (Å²) in [6.07, 6.45) is 3.64. The van der Waals surface area contributed by atoms with Crippen molar-refractivity contribution >= 4 is 11.3 Å². The summed E-state index contributed by atoms with van der Waals surface area (Å²) in [4.78, 5) is 5.84. The maximum atomic E-state index is 11.0. The normalized spacial score (nSPS) is 23.2. The van der Waals surface area contributed by atoms with Crippen LogP contribution in [0.5, 0.6) is 0 Å². The number of furan rings is 1. The maximum Gasteiger partial charge on any atom is 0.117 e. The first kappa shape index (κ1) is 15.7. The molecular formula is C17H24N2O2S. The first-order valence-electron chi connectivity index (χ1n) is 7.81. The summed E-state index contributed by atoms with van der Waals surface area (Å²) in [7, 11) is 2.08. The number of hydrogen-bond acceptors (Lipinski definition) is 5. The lowest BCUT2D eigenvalue weighted by atomic mass is 9.92. The first-order chi connectivity index (χ1) is 10.6. The highest BCUT2D eigenvalue weighted by Crippen LogP contribution is 2.24. The van der Waals surface area contributed by atoms with E-state index in [1.807, 2.05) is 12.1 Å². The molecule has 0 spiro atoms. The largest absolute Gasteiger partial charge is 0.468 e. The van der Waals surface area contributed by atoms with E-state index in [2.05, 4.69) is 34.4 Å². The maximum absolute atomic E-state index is 11.0. The second-order valence-corrected chi connectivity index (χ2v) is 7.40. The minimum Gasteiger partial charge on any atom is -0.468 e. The van der Waals surface area contributed by atoms with Crippen LogP contribution < -0.4 is 0 Å². The van der Waals surface area contributed by atoms with Crippen LogP contribution in [0.1, 0.15) is 23.5 Å². The fraction of sp³-hybridized carbons (Fsp3) is 0.529. The van der Waals surface area contributed by atoms with Gasteiger partial charge < -0.3 is 14.4 Å². The molecule has 0 aromatic carbocycles. The smallest absolute Gasteiger partial charge is 0.117 e. The van der Waals surface area contributed by atoms with Crippen molar-refractivity contribution in [2.75, 3.05) is 26.7 Å². The van der Waals surface area contributed by atoms with Crippen molar-refractivity contribution in [3.05, 3.63) is 46.5 Å². The van der Waals surface area contributed by atoms with E-state index in [0.29, 0.717) is 6.54 Å². The predicted molar refractivity (Wildman–Crippen MR) is 88.8 cm³/mol. The number of likely N-dealkylation sites (N-methyl/N-ethyl adjacent to an activating group) is 1. The van der Waals surface area contributed by atoms with E-state index in [0.717, 1.165) is 44.8 Å². The third kappa shape index (κ3) is 4.20. The highest BCUT2D eigenvalue weighted by Gasteiger charge is 2.34. The molecular weight excluding hydrogens is 296 g/mol. The van der Waals surface area contributed by atoms with Gasteiger partial charge in [0.1, 0.15) is 5.76 Å². The summed E-state index contributed by atoms with van der Waals surface area (Å²) in [5.74, 6) is 0.948. The summed E-state index contributed by atoms with van der Waals surface area (Å²) in [5, 5.41) is 13.1. The molecule has 1 fully saturated rings. The SMILES string of the molecule is CN1CCC[C@](O)(CN(Cc2ccco2)Cc2cccs2)C1. The quantitative estimate of drug-likeness (QED) is 0.888. The lowest BCUT2D eigenvalue weighted by Crippen LogP contribution is -2.52. The zero-order valence-electron chi connectivity index (χ0n) is 13.1. The van der Waals surface area contributed by atoms with Gasteiger partial charge in [-0.2, -0.15) is 0 Å². The third-order valence-corrected chi connectivity index (χ3v) is 5.04. The van der Waals surface area contributed by atoms with Crippen LogP contribution in [-0.2, 0) is 13.1 Å². The minimum absolute atomic E-state index is 0.628. The van der Waals surface area contributed by atoms with Crippen LogP contribution in [0.2, 0.25) is 0 Å². The van der Waals surface area contributed by atoms with E-state index in [4.69, 9.17) is 4.42 Å². The highest BCUT2D eigenvalue weighted by molar-refractivity contribution is 7.09. The van der Waals surface area contributed by atoms with Gasteiger partial charge in [0.15, 0.2) is 0 Å². The topological polar surface area (TPSA) is 39.9 Å². The van der Waals surface area contributed by atoms with Crippen LogP contribution in [0.15, 0.2) is 40.3 Å². The predicted octanol–water partition coefficient (Wildman–Crippen LogP) is 2.80. The van der Waals surface area contributed by atoms with Gasteiger partial charge in [0, 0.05) is 24.5 Å². The number of aliphatic hydroxyl groups is 1. The Bertz CT molecular complexity index is 519. The molecule has 0 bridgehead atoms. The Morgan fingerprint density at radius 2 is 2.27 bits per heavy atom. The first-order valence-corrected chi connectivity index (χ1v) is 8.69. The monoisotopic (exact) mass is 320 g/mol. The van der Waals surface area contributed by atoms with Crippen molar-refractivity contribution in [1.29, 1.82) is 0 Å². The molecule has 22 heavy (non-hydrogen) atoms. The van der Waals surface area contributed by atoms with Crippen LogP contribution in [0.3, 0.4) is 0 Å². The summed E-state index contributed by atoms with van der Waals surface area (Å²) in [6, 6.07) is 8.14. The summed E-state index contributed by atoms with van der Waals surface area (Å²) >= 11 is 1.76. The Kier molecular flexibility index (Phi) is 4.98. The molecule has 0 radical (unpaired) electrons. The van der Waals surface area contributed by atoms with Crippen molar-refractivity contribution in [2.45, 2.75) is 31.5 Å². The van der Waals surface area contributed by atoms with Gasteiger partial charge >= 0.3 is 0 Å². The van der Waals surface area contributed by atoms with Crippen LogP contribution in [0.4, 0.5) is 0 Å². The van der Waals surface area contributed by atoms with Gasteiger partial charge in [-0.15, -0.1) is 11.3 Å². The molecule has 0 aliphatic carbocycles. The second-order valence-electron chi connectivity index (χ2n) is 6.37. The molecule has 1 saturated heterocycles. The molecule has 5 heteroatoms. The van der Waals surface area contributed by atoms with Crippen molar-refractivity contribution in [1.82, 2.24) is 9.80 Å². The van der Waals surface area contributed by atoms with Crippen molar-refractivity contribution < 1.29 is 9.52 Å². The van der Waals surface area contributed by atoms with Crippen molar-refractivity contribution in [3.63, 3.8) is 0 Å². The molecule has 1 aliphatic rings. The zero-order valence-corrected chi connectivity index (χ0v) is 13.9. The molecule has 120 valence electrons. The van der Waals surface area contributed by atoms with Crippen LogP contribution in [0, 0.1) is 0 Å². The van der Waals surface area contributed by atoms with Crippen molar-refractivity contribution in [3.8, 4) is 0 Å². The van der Waals surface area contributed by atoms with Gasteiger partial charge in [-0.3, -0.25) is 4.90 Å². The van der Waals surface area contributed by atoms with E-state index >= 15 is 0 Å². The zero-order chi connectivity index (χ0) is 15.4. The number of nitrogens with zero attached hydrogens (tertiary/aromatic N) is 2. The third-order valence-electron chi connectivity index (χ3n) is 4.18. The number of piperidine rings is 1. The van der Waals surface area contributed by atoms with E-state index in [9.17, 15) is 5.11 Å². The molecule has 0 saturated carbocycles. The molecule has 1 aliphatic heterocycles. The van der Waals surface area contributed by atoms with Crippen LogP contribution in [0.25, 0.3) is 0 Å².